The summed E-state index contributed by atoms with van der Waals surface area (Å²) < 4.78 is 51.3. The van der Waals surface area contributed by atoms with Gasteiger partial charge in [-0.15, -0.1) is 0 Å². The van der Waals surface area contributed by atoms with Gasteiger partial charge in [0.25, 0.3) is 11.7 Å². The van der Waals surface area contributed by atoms with Gasteiger partial charge in [-0.2, -0.15) is 13.2 Å². The zero-order valence-electron chi connectivity index (χ0n) is 21.4. The topological polar surface area (TPSA) is 80.0 Å². The van der Waals surface area contributed by atoms with Gasteiger partial charge in [0.2, 0.25) is 0 Å². The van der Waals surface area contributed by atoms with Crippen molar-refractivity contribution in [2.75, 3.05) is 6.61 Å². The number of halogens is 3. The molecule has 1 fully saturated rings. The zero-order valence-corrected chi connectivity index (χ0v) is 21.4. The van der Waals surface area contributed by atoms with Gasteiger partial charge in [-0.1, -0.05) is 26.0 Å². The van der Waals surface area contributed by atoms with Gasteiger partial charge < -0.3 is 19.2 Å². The highest BCUT2D eigenvalue weighted by atomic mass is 19.4. The summed E-state index contributed by atoms with van der Waals surface area (Å²) in [5.74, 6) is -0.901. The molecule has 4 rings (SSSR count). The third-order valence-corrected chi connectivity index (χ3v) is 6.38. The monoisotopic (exact) mass is 527 g/mol. The van der Waals surface area contributed by atoms with Crippen molar-refractivity contribution in [3.63, 3.8) is 0 Å². The van der Waals surface area contributed by atoms with Gasteiger partial charge in [0.15, 0.2) is 0 Å². The van der Waals surface area contributed by atoms with E-state index in [2.05, 4.69) is 0 Å². The molecule has 9 heteroatoms. The molecule has 38 heavy (non-hydrogen) atoms. The molecule has 0 saturated carbocycles. The van der Waals surface area contributed by atoms with Crippen LogP contribution in [-0.2, 0) is 22.3 Å². The number of carbonyl (C=O) groups excluding carboxylic acids is 2. The van der Waals surface area contributed by atoms with Crippen LogP contribution in [-0.4, -0.2) is 28.3 Å². The minimum absolute atomic E-state index is 0.0381. The normalized spacial score (nSPS) is 17.5. The van der Waals surface area contributed by atoms with E-state index in [1.54, 1.807) is 37.3 Å². The number of ether oxygens (including phenoxy) is 1. The Morgan fingerprint density at radius 2 is 1.84 bits per heavy atom. The molecule has 1 unspecified atom stereocenters. The number of likely N-dealkylation sites (tertiary alicyclic amines) is 1. The van der Waals surface area contributed by atoms with Crippen LogP contribution in [0.2, 0.25) is 0 Å². The van der Waals surface area contributed by atoms with E-state index >= 15 is 0 Å². The van der Waals surface area contributed by atoms with E-state index in [-0.39, 0.29) is 29.4 Å². The second-order valence-electron chi connectivity index (χ2n) is 9.41. The summed E-state index contributed by atoms with van der Waals surface area (Å²) >= 11 is 0. The fourth-order valence-corrected chi connectivity index (χ4v) is 4.57. The SMILES string of the molecule is CCOc1ccc(/C(O)=C2/C(=O)C(=O)N(Cc3cccc(C(F)(F)F)c3)C2c2ccc(C)o2)cc1C(C)C. The van der Waals surface area contributed by atoms with Gasteiger partial charge in [-0.3, -0.25) is 9.59 Å². The van der Waals surface area contributed by atoms with Gasteiger partial charge in [0.1, 0.15) is 29.1 Å². The number of rotatable bonds is 7. The zero-order chi connectivity index (χ0) is 27.8. The van der Waals surface area contributed by atoms with Crippen LogP contribution in [0.25, 0.3) is 5.76 Å². The molecular formula is C29H28F3NO5. The Bertz CT molecular complexity index is 1400. The second kappa shape index (κ2) is 10.4. The molecule has 1 aliphatic rings. The number of carbonyl (C=O) groups is 2. The van der Waals surface area contributed by atoms with E-state index in [4.69, 9.17) is 9.15 Å². The Morgan fingerprint density at radius 3 is 2.45 bits per heavy atom. The van der Waals surface area contributed by atoms with Crippen molar-refractivity contribution in [1.82, 2.24) is 4.90 Å². The van der Waals surface area contributed by atoms with Crippen molar-refractivity contribution in [1.29, 1.82) is 0 Å². The first-order chi connectivity index (χ1) is 17.9. The van der Waals surface area contributed by atoms with E-state index in [9.17, 15) is 27.9 Å². The molecular weight excluding hydrogens is 499 g/mol. The van der Waals surface area contributed by atoms with Crippen molar-refractivity contribution in [2.45, 2.75) is 52.4 Å². The molecule has 0 bridgehead atoms. The maximum Gasteiger partial charge on any atom is 0.416 e. The van der Waals surface area contributed by atoms with Crippen molar-refractivity contribution in [2.24, 2.45) is 0 Å². The Balaban J connectivity index is 1.83. The van der Waals surface area contributed by atoms with Gasteiger partial charge >= 0.3 is 6.18 Å². The molecule has 2 aromatic carbocycles. The summed E-state index contributed by atoms with van der Waals surface area (Å²) in [4.78, 5) is 27.6. The Labute approximate surface area is 218 Å². The standard InChI is InChI=1S/C29H28F3NO5/c1-5-37-22-12-10-19(14-21(22)16(2)3)26(34)24-25(23-11-9-17(4)38-23)33(28(36)27(24)35)15-18-7-6-8-20(13-18)29(30,31)32/h6-14,16,25,34H,5,15H2,1-4H3/b26-24-. The van der Waals surface area contributed by atoms with Crippen LogP contribution < -0.4 is 4.74 Å². The molecule has 0 aliphatic carbocycles. The van der Waals surface area contributed by atoms with Gasteiger partial charge in [-0.05, 0) is 73.4 Å². The van der Waals surface area contributed by atoms with Gasteiger partial charge in [0.05, 0.1) is 17.7 Å². The van der Waals surface area contributed by atoms with Crippen LogP contribution in [0.4, 0.5) is 13.2 Å². The maximum atomic E-state index is 13.3. The number of aryl methyl sites for hydroxylation is 1. The van der Waals surface area contributed by atoms with Gasteiger partial charge in [-0.25, -0.2) is 0 Å². The highest BCUT2D eigenvalue weighted by molar-refractivity contribution is 6.46. The van der Waals surface area contributed by atoms with Crippen LogP contribution >= 0.6 is 0 Å². The summed E-state index contributed by atoms with van der Waals surface area (Å²) in [5.41, 5.74) is 0.225. The Hall–Kier alpha value is -4.01. The van der Waals surface area contributed by atoms with Crippen LogP contribution in [0, 0.1) is 6.92 Å². The molecule has 2 heterocycles. The Morgan fingerprint density at radius 1 is 1.11 bits per heavy atom. The number of amides is 1. The first kappa shape index (κ1) is 27.0. The summed E-state index contributed by atoms with van der Waals surface area (Å²) in [6.45, 7) is 7.61. The lowest BCUT2D eigenvalue weighted by Crippen LogP contribution is -2.29. The number of aliphatic hydroxyl groups excluding tert-OH is 1. The molecule has 200 valence electrons. The third kappa shape index (κ3) is 5.18. The Kier molecular flexibility index (Phi) is 7.40. The summed E-state index contributed by atoms with van der Waals surface area (Å²) in [5, 5.41) is 11.4. The predicted octanol–water partition coefficient (Wildman–Crippen LogP) is 6.75. The molecule has 1 saturated heterocycles. The van der Waals surface area contributed by atoms with E-state index < -0.39 is 35.2 Å². The lowest BCUT2D eigenvalue weighted by atomic mass is 9.95. The van der Waals surface area contributed by atoms with Crippen LogP contribution in [0.1, 0.15) is 66.5 Å². The number of ketones is 1. The lowest BCUT2D eigenvalue weighted by Gasteiger charge is -2.24. The van der Waals surface area contributed by atoms with Crippen molar-refractivity contribution >= 4 is 17.4 Å². The minimum atomic E-state index is -4.57. The fourth-order valence-electron chi connectivity index (χ4n) is 4.57. The minimum Gasteiger partial charge on any atom is -0.507 e. The number of Topliss-reactive ketones (excluding diaryl/α,β-unsaturated/α-hetero) is 1. The van der Waals surface area contributed by atoms with Crippen molar-refractivity contribution in [3.05, 3.63) is 93.9 Å². The maximum absolute atomic E-state index is 13.3. The highest BCUT2D eigenvalue weighted by Crippen LogP contribution is 2.42. The molecule has 3 aromatic rings. The number of furan rings is 1. The molecule has 0 radical (unpaired) electrons. The predicted molar refractivity (Wildman–Crippen MR) is 134 cm³/mol. The van der Waals surface area contributed by atoms with Crippen molar-refractivity contribution < 1.29 is 37.0 Å². The molecule has 6 nitrogen and oxygen atoms in total. The van der Waals surface area contributed by atoms with Crippen molar-refractivity contribution in [3.8, 4) is 5.75 Å². The number of hydrogen-bond donors (Lipinski definition) is 1. The molecule has 1 amide bonds. The number of alkyl halides is 3. The quantitative estimate of drug-likeness (QED) is 0.209. The largest absolute Gasteiger partial charge is 0.507 e. The average molecular weight is 528 g/mol. The molecule has 0 spiro atoms. The first-order valence-corrected chi connectivity index (χ1v) is 12.2. The van der Waals surface area contributed by atoms with Crippen LogP contribution in [0.5, 0.6) is 5.75 Å². The first-order valence-electron chi connectivity index (χ1n) is 12.2. The number of aliphatic hydroxyl groups is 1. The number of nitrogens with zero attached hydrogens (tertiary/aromatic N) is 1. The molecule has 1 aromatic heterocycles. The number of benzene rings is 2. The van der Waals surface area contributed by atoms with Crippen LogP contribution in [0.15, 0.2) is 64.6 Å². The molecule has 1 aliphatic heterocycles. The van der Waals surface area contributed by atoms with E-state index in [0.29, 0.717) is 23.7 Å². The molecule has 1 N–H and O–H groups in total. The highest BCUT2D eigenvalue weighted by Gasteiger charge is 2.47. The number of hydrogen-bond acceptors (Lipinski definition) is 5. The van der Waals surface area contributed by atoms with E-state index in [0.717, 1.165) is 22.6 Å². The second-order valence-corrected chi connectivity index (χ2v) is 9.41. The summed E-state index contributed by atoms with van der Waals surface area (Å²) in [6, 6.07) is 11.6. The third-order valence-electron chi connectivity index (χ3n) is 6.38. The summed E-state index contributed by atoms with van der Waals surface area (Å²) in [7, 11) is 0. The smallest absolute Gasteiger partial charge is 0.416 e. The van der Waals surface area contributed by atoms with E-state index in [1.165, 1.54) is 12.1 Å². The average Bonchev–Trinajstić information content (AvgIpc) is 3.39. The fraction of sp³-hybridized carbons (Fsp3) is 0.310. The summed E-state index contributed by atoms with van der Waals surface area (Å²) in [6.07, 6.45) is -4.57. The molecule has 1 atom stereocenters. The van der Waals surface area contributed by atoms with E-state index in [1.807, 2.05) is 20.8 Å². The van der Waals surface area contributed by atoms with Gasteiger partial charge in [0, 0.05) is 12.1 Å². The van der Waals surface area contributed by atoms with Crippen LogP contribution in [0.3, 0.4) is 0 Å². The lowest BCUT2D eigenvalue weighted by molar-refractivity contribution is -0.140.